The third kappa shape index (κ3) is 4.23. The molecule has 7 nitrogen and oxygen atoms in total. The summed E-state index contributed by atoms with van der Waals surface area (Å²) in [5, 5.41) is 11.0. The molecule has 1 fully saturated rings. The van der Waals surface area contributed by atoms with E-state index in [1.165, 1.54) is 22.5 Å². The average molecular weight is 461 g/mol. The number of carbonyl (C=O) groups excluding carboxylic acids is 1. The third-order valence-electron chi connectivity index (χ3n) is 5.33. The van der Waals surface area contributed by atoms with E-state index in [1.54, 1.807) is 24.3 Å². The van der Waals surface area contributed by atoms with Gasteiger partial charge in [-0.05, 0) is 62.1 Å². The van der Waals surface area contributed by atoms with Crippen molar-refractivity contribution in [2.75, 3.05) is 11.9 Å². The highest BCUT2D eigenvalue weighted by Crippen LogP contribution is 2.38. The lowest BCUT2D eigenvalue weighted by atomic mass is 10.1. The van der Waals surface area contributed by atoms with Gasteiger partial charge in [-0.15, -0.1) is 10.2 Å². The number of aryl methyl sites for hydroxylation is 2. The molecule has 1 aliphatic rings. The lowest BCUT2D eigenvalue weighted by Gasteiger charge is -2.22. The van der Waals surface area contributed by atoms with Crippen LogP contribution in [-0.4, -0.2) is 35.4 Å². The van der Waals surface area contributed by atoms with E-state index in [4.69, 9.17) is 0 Å². The smallest absolute Gasteiger partial charge is 0.286 e. The van der Waals surface area contributed by atoms with Crippen molar-refractivity contribution in [2.45, 2.75) is 37.6 Å². The molecule has 1 saturated heterocycles. The highest BCUT2D eigenvalue weighted by molar-refractivity contribution is 7.89. The molecule has 1 aromatic heterocycles. The molecule has 0 bridgehead atoms. The minimum atomic E-state index is -3.72. The highest BCUT2D eigenvalue weighted by atomic mass is 32.2. The van der Waals surface area contributed by atoms with Crippen LogP contribution in [0.1, 0.15) is 44.8 Å². The van der Waals surface area contributed by atoms with Crippen LogP contribution in [0.15, 0.2) is 47.4 Å². The Morgan fingerprint density at radius 1 is 1.16 bits per heavy atom. The second-order valence-electron chi connectivity index (χ2n) is 7.40. The summed E-state index contributed by atoms with van der Waals surface area (Å²) in [4.78, 5) is 12.7. The van der Waals surface area contributed by atoms with Gasteiger partial charge in [0.2, 0.25) is 15.0 Å². The molecule has 0 spiro atoms. The molecule has 10 heteroatoms. The van der Waals surface area contributed by atoms with Crippen LogP contribution < -0.4 is 5.32 Å². The zero-order valence-electron chi connectivity index (χ0n) is 17.0. The van der Waals surface area contributed by atoms with E-state index in [0.717, 1.165) is 22.5 Å². The van der Waals surface area contributed by atoms with Gasteiger partial charge in [-0.1, -0.05) is 29.5 Å². The summed E-state index contributed by atoms with van der Waals surface area (Å²) in [7, 11) is -3.72. The number of halogens is 1. The maximum absolute atomic E-state index is 13.8. The van der Waals surface area contributed by atoms with Crippen LogP contribution in [0, 0.1) is 19.7 Å². The summed E-state index contributed by atoms with van der Waals surface area (Å²) in [6.07, 6.45) is 1.28. The first-order chi connectivity index (χ1) is 14.8. The molecule has 2 heterocycles. The minimum Gasteiger partial charge on any atom is -0.317 e. The van der Waals surface area contributed by atoms with Crippen LogP contribution in [0.25, 0.3) is 0 Å². The lowest BCUT2D eigenvalue weighted by Crippen LogP contribution is -2.30. The van der Waals surface area contributed by atoms with E-state index in [0.29, 0.717) is 24.4 Å². The van der Waals surface area contributed by atoms with Crippen LogP contribution in [0.3, 0.4) is 0 Å². The monoisotopic (exact) mass is 460 g/mol. The summed E-state index contributed by atoms with van der Waals surface area (Å²) >= 11 is 1.02. The normalized spacial score (nSPS) is 17.1. The number of hydrogen-bond acceptors (Lipinski definition) is 6. The Hall–Kier alpha value is -2.69. The number of hydrogen-bond donors (Lipinski definition) is 1. The molecule has 1 amide bonds. The molecule has 0 saturated carbocycles. The van der Waals surface area contributed by atoms with Gasteiger partial charge in [-0.3, -0.25) is 4.79 Å². The molecule has 31 heavy (non-hydrogen) atoms. The summed E-state index contributed by atoms with van der Waals surface area (Å²) in [5.74, 6) is -1.14. The maximum Gasteiger partial charge on any atom is 0.286 e. The lowest BCUT2D eigenvalue weighted by molar-refractivity contribution is 0.102. The molecule has 3 aromatic rings. The number of sulfonamides is 1. The van der Waals surface area contributed by atoms with Crippen molar-refractivity contribution in [2.24, 2.45) is 0 Å². The van der Waals surface area contributed by atoms with Crippen molar-refractivity contribution >= 4 is 33.0 Å². The van der Waals surface area contributed by atoms with Crippen LogP contribution in [0.5, 0.6) is 0 Å². The Kier molecular flexibility index (Phi) is 5.87. The van der Waals surface area contributed by atoms with Crippen molar-refractivity contribution < 1.29 is 17.6 Å². The molecule has 0 unspecified atom stereocenters. The number of rotatable bonds is 5. The predicted octanol–water partition coefficient (Wildman–Crippen LogP) is 4.07. The van der Waals surface area contributed by atoms with Gasteiger partial charge in [-0.25, -0.2) is 12.8 Å². The number of aromatic nitrogens is 2. The van der Waals surface area contributed by atoms with E-state index < -0.39 is 27.8 Å². The Labute approximate surface area is 184 Å². The Bertz CT molecular complexity index is 1240. The molecule has 1 atom stereocenters. The SMILES string of the molecule is Cc1ccc(S(=O)(=O)N2CCC[C@H]2c2nnc(C(=O)Nc3ccccc3F)s2)cc1C. The first-order valence-corrected chi connectivity index (χ1v) is 12.0. The second-order valence-corrected chi connectivity index (χ2v) is 10.3. The van der Waals surface area contributed by atoms with Gasteiger partial charge in [0.15, 0.2) is 0 Å². The van der Waals surface area contributed by atoms with Gasteiger partial charge in [0.25, 0.3) is 5.91 Å². The fourth-order valence-electron chi connectivity index (χ4n) is 3.48. The number of anilines is 1. The molecule has 1 aliphatic heterocycles. The quantitative estimate of drug-likeness (QED) is 0.620. The number of benzene rings is 2. The highest BCUT2D eigenvalue weighted by Gasteiger charge is 2.38. The Morgan fingerprint density at radius 2 is 1.94 bits per heavy atom. The van der Waals surface area contributed by atoms with Gasteiger partial charge in [0.1, 0.15) is 10.8 Å². The van der Waals surface area contributed by atoms with Gasteiger partial charge in [0, 0.05) is 6.54 Å². The van der Waals surface area contributed by atoms with E-state index in [1.807, 2.05) is 13.8 Å². The zero-order chi connectivity index (χ0) is 22.2. The third-order valence-corrected chi connectivity index (χ3v) is 8.26. The fraction of sp³-hybridized carbons (Fsp3) is 0.286. The Balaban J connectivity index is 1.57. The second kappa shape index (κ2) is 8.45. The number of nitrogens with zero attached hydrogens (tertiary/aromatic N) is 3. The molecule has 4 rings (SSSR count). The van der Waals surface area contributed by atoms with Crippen molar-refractivity contribution in [3.63, 3.8) is 0 Å². The largest absolute Gasteiger partial charge is 0.317 e. The van der Waals surface area contributed by atoms with E-state index in [-0.39, 0.29) is 15.6 Å². The molecule has 2 aromatic carbocycles. The molecule has 162 valence electrons. The summed E-state index contributed by atoms with van der Waals surface area (Å²) < 4.78 is 41.7. The topological polar surface area (TPSA) is 92.3 Å². The van der Waals surface area contributed by atoms with E-state index in [9.17, 15) is 17.6 Å². The minimum absolute atomic E-state index is 0.0454. The molecular formula is C21H21FN4O3S2. The molecule has 1 N–H and O–H groups in total. The van der Waals surface area contributed by atoms with Gasteiger partial charge in [0.05, 0.1) is 16.6 Å². The van der Waals surface area contributed by atoms with Gasteiger partial charge in [-0.2, -0.15) is 4.31 Å². The van der Waals surface area contributed by atoms with Gasteiger partial charge < -0.3 is 5.32 Å². The number of carbonyl (C=O) groups is 1. The maximum atomic E-state index is 13.8. The van der Waals surface area contributed by atoms with Crippen LogP contribution in [0.2, 0.25) is 0 Å². The first kappa shape index (κ1) is 21.5. The van der Waals surface area contributed by atoms with Crippen LogP contribution >= 0.6 is 11.3 Å². The van der Waals surface area contributed by atoms with Crippen molar-refractivity contribution in [3.05, 3.63) is 69.4 Å². The van der Waals surface area contributed by atoms with Crippen LogP contribution in [0.4, 0.5) is 10.1 Å². The summed E-state index contributed by atoms with van der Waals surface area (Å²) in [6.45, 7) is 4.18. The van der Waals surface area contributed by atoms with E-state index >= 15 is 0 Å². The van der Waals surface area contributed by atoms with E-state index in [2.05, 4.69) is 15.5 Å². The predicted molar refractivity (Wildman–Crippen MR) is 116 cm³/mol. The van der Waals surface area contributed by atoms with Gasteiger partial charge >= 0.3 is 0 Å². The fourth-order valence-corrected chi connectivity index (χ4v) is 6.18. The molecule has 0 aliphatic carbocycles. The molecule has 0 radical (unpaired) electrons. The number of amides is 1. The zero-order valence-corrected chi connectivity index (χ0v) is 18.6. The molecular weight excluding hydrogens is 439 g/mol. The van der Waals surface area contributed by atoms with Crippen molar-refractivity contribution in [1.82, 2.24) is 14.5 Å². The average Bonchev–Trinajstić information content (AvgIpc) is 3.41. The number of para-hydroxylation sites is 1. The standard InChI is InChI=1S/C21H21FN4O3S2/c1-13-9-10-15(12-14(13)2)31(28,29)26-11-5-8-18(26)20-24-25-21(30-20)19(27)23-17-7-4-3-6-16(17)22/h3-4,6-7,9-10,12,18H,5,8,11H2,1-2H3,(H,23,27)/t18-/m0/s1. The Morgan fingerprint density at radius 3 is 2.68 bits per heavy atom. The summed E-state index contributed by atoms with van der Waals surface area (Å²) in [6, 6.07) is 10.4. The van der Waals surface area contributed by atoms with Crippen LogP contribution in [-0.2, 0) is 10.0 Å². The van der Waals surface area contributed by atoms with Crippen molar-refractivity contribution in [1.29, 1.82) is 0 Å². The summed E-state index contributed by atoms with van der Waals surface area (Å²) in [5.41, 5.74) is 1.97. The number of nitrogens with one attached hydrogen (secondary N) is 1. The van der Waals surface area contributed by atoms with Crippen molar-refractivity contribution in [3.8, 4) is 0 Å². The first-order valence-electron chi connectivity index (χ1n) is 9.76.